The van der Waals surface area contributed by atoms with Crippen LogP contribution in [0.5, 0.6) is 0 Å². The lowest BCUT2D eigenvalue weighted by Gasteiger charge is -2.29. The number of benzene rings is 1. The smallest absolute Gasteiger partial charge is 0.312 e. The molecule has 2 fully saturated rings. The number of carbonyl (C=O) groups excluding carboxylic acids is 1. The van der Waals surface area contributed by atoms with E-state index < -0.39 is 12.1 Å². The summed E-state index contributed by atoms with van der Waals surface area (Å²) >= 11 is 6.17. The number of rotatable bonds is 9. The van der Waals surface area contributed by atoms with Crippen LogP contribution < -0.4 is 0 Å². The average Bonchev–Trinajstić information content (AvgIpc) is 3.53. The Morgan fingerprint density at radius 2 is 1.73 bits per heavy atom. The number of hydrogen-bond donors (Lipinski definition) is 0. The normalized spacial score (nSPS) is 21.4. The summed E-state index contributed by atoms with van der Waals surface area (Å²) in [7, 11) is 0. The van der Waals surface area contributed by atoms with Crippen LogP contribution in [0.15, 0.2) is 18.2 Å². The SMILES string of the molecule is Cc1c(Cl)cccc1CC(=O)CCc1nnc(CCC2CCC(C(F)(F)F)CC2)n1C1CC1. The van der Waals surface area contributed by atoms with Crippen molar-refractivity contribution in [3.05, 3.63) is 46.0 Å². The van der Waals surface area contributed by atoms with Crippen molar-refractivity contribution in [2.24, 2.45) is 11.8 Å². The second kappa shape index (κ2) is 10.2. The van der Waals surface area contributed by atoms with E-state index in [2.05, 4.69) is 14.8 Å². The van der Waals surface area contributed by atoms with Gasteiger partial charge in [-0.15, -0.1) is 10.2 Å². The molecule has 0 radical (unpaired) electrons. The monoisotopic (exact) mass is 481 g/mol. The first kappa shape index (κ1) is 24.2. The number of nitrogens with zero attached hydrogens (tertiary/aromatic N) is 3. The third kappa shape index (κ3) is 6.17. The highest BCUT2D eigenvalue weighted by Gasteiger charge is 2.41. The molecule has 1 heterocycles. The Hall–Kier alpha value is -1.89. The summed E-state index contributed by atoms with van der Waals surface area (Å²) < 4.78 is 40.9. The van der Waals surface area contributed by atoms with E-state index >= 15 is 0 Å². The molecule has 8 heteroatoms. The number of aryl methyl sites for hydroxylation is 2. The molecule has 4 rings (SSSR count). The van der Waals surface area contributed by atoms with Gasteiger partial charge in [0.2, 0.25) is 0 Å². The van der Waals surface area contributed by atoms with Gasteiger partial charge >= 0.3 is 6.18 Å². The van der Waals surface area contributed by atoms with Crippen molar-refractivity contribution in [3.8, 4) is 0 Å². The molecular weight excluding hydrogens is 451 g/mol. The van der Waals surface area contributed by atoms with Gasteiger partial charge in [0.1, 0.15) is 17.4 Å². The van der Waals surface area contributed by atoms with Crippen LogP contribution in [0, 0.1) is 18.8 Å². The predicted molar refractivity (Wildman–Crippen MR) is 121 cm³/mol. The highest BCUT2D eigenvalue weighted by molar-refractivity contribution is 6.31. The number of carbonyl (C=O) groups is 1. The Labute approximate surface area is 197 Å². The fourth-order valence-corrected chi connectivity index (χ4v) is 5.16. The molecule has 0 atom stereocenters. The van der Waals surface area contributed by atoms with Crippen LogP contribution in [0.2, 0.25) is 5.02 Å². The third-order valence-electron chi connectivity index (χ3n) is 7.23. The standard InChI is InChI=1S/C25H31ClF3N3O/c1-16-18(3-2-4-22(16)26)15-21(33)12-14-24-31-30-23(32(24)20-10-11-20)13-7-17-5-8-19(9-6-17)25(27,28)29/h2-4,17,19-20H,5-15H2,1H3. The third-order valence-corrected chi connectivity index (χ3v) is 7.64. The Morgan fingerprint density at radius 1 is 1.06 bits per heavy atom. The van der Waals surface area contributed by atoms with E-state index in [1.54, 1.807) is 0 Å². The summed E-state index contributed by atoms with van der Waals surface area (Å²) in [5.74, 6) is 1.10. The minimum Gasteiger partial charge on any atom is -0.312 e. The molecule has 33 heavy (non-hydrogen) atoms. The first-order valence-corrected chi connectivity index (χ1v) is 12.3. The summed E-state index contributed by atoms with van der Waals surface area (Å²) in [5.41, 5.74) is 1.90. The van der Waals surface area contributed by atoms with Crippen molar-refractivity contribution < 1.29 is 18.0 Å². The van der Waals surface area contributed by atoms with Crippen molar-refractivity contribution in [2.75, 3.05) is 0 Å². The van der Waals surface area contributed by atoms with Gasteiger partial charge in [-0.1, -0.05) is 23.7 Å². The van der Waals surface area contributed by atoms with Gasteiger partial charge in [0, 0.05) is 36.7 Å². The van der Waals surface area contributed by atoms with Crippen LogP contribution in [0.3, 0.4) is 0 Å². The maximum Gasteiger partial charge on any atom is 0.391 e. The molecule has 0 amide bonds. The van der Waals surface area contributed by atoms with Gasteiger partial charge in [-0.05, 0) is 75.0 Å². The highest BCUT2D eigenvalue weighted by Crippen LogP contribution is 2.41. The van der Waals surface area contributed by atoms with Crippen LogP contribution >= 0.6 is 11.6 Å². The van der Waals surface area contributed by atoms with Gasteiger partial charge < -0.3 is 4.57 Å². The molecule has 0 spiro atoms. The first-order chi connectivity index (χ1) is 15.7. The Balaban J connectivity index is 1.31. The fourth-order valence-electron chi connectivity index (χ4n) is 4.96. The maximum atomic E-state index is 12.9. The zero-order valence-electron chi connectivity index (χ0n) is 19.0. The minimum atomic E-state index is -4.06. The lowest BCUT2D eigenvalue weighted by Crippen LogP contribution is -2.28. The number of Topliss-reactive ketones (excluding diaryl/α,β-unsaturated/α-hetero) is 1. The van der Waals surface area contributed by atoms with Crippen LogP contribution in [0.4, 0.5) is 13.2 Å². The zero-order chi connectivity index (χ0) is 23.6. The van der Waals surface area contributed by atoms with E-state index in [-0.39, 0.29) is 18.6 Å². The van der Waals surface area contributed by atoms with Crippen LogP contribution in [-0.4, -0.2) is 26.7 Å². The molecule has 0 unspecified atom stereocenters. The first-order valence-electron chi connectivity index (χ1n) is 12.0. The Kier molecular flexibility index (Phi) is 7.46. The molecule has 0 saturated heterocycles. The topological polar surface area (TPSA) is 47.8 Å². The van der Waals surface area contributed by atoms with Crippen molar-refractivity contribution in [1.29, 1.82) is 0 Å². The summed E-state index contributed by atoms with van der Waals surface area (Å²) in [5, 5.41) is 9.47. The van der Waals surface area contributed by atoms with Gasteiger partial charge in [0.15, 0.2) is 0 Å². The average molecular weight is 482 g/mol. The van der Waals surface area contributed by atoms with E-state index in [1.807, 2.05) is 25.1 Å². The molecule has 0 aliphatic heterocycles. The second-order valence-corrected chi connectivity index (χ2v) is 10.1. The molecule has 2 aliphatic carbocycles. The molecule has 0 bridgehead atoms. The van der Waals surface area contributed by atoms with Gasteiger partial charge in [-0.3, -0.25) is 4.79 Å². The molecule has 2 aliphatic rings. The summed E-state index contributed by atoms with van der Waals surface area (Å²) in [4.78, 5) is 12.6. The lowest BCUT2D eigenvalue weighted by molar-refractivity contribution is -0.184. The van der Waals surface area contributed by atoms with Gasteiger partial charge in [0.05, 0.1) is 5.92 Å². The van der Waals surface area contributed by atoms with E-state index in [0.717, 1.165) is 48.5 Å². The predicted octanol–water partition coefficient (Wildman–Crippen LogP) is 6.62. The molecule has 2 saturated carbocycles. The zero-order valence-corrected chi connectivity index (χ0v) is 19.8. The lowest BCUT2D eigenvalue weighted by atomic mass is 9.79. The largest absolute Gasteiger partial charge is 0.391 e. The number of aromatic nitrogens is 3. The van der Waals surface area contributed by atoms with E-state index in [1.165, 1.54) is 0 Å². The highest BCUT2D eigenvalue weighted by atomic mass is 35.5. The van der Waals surface area contributed by atoms with Crippen molar-refractivity contribution in [3.63, 3.8) is 0 Å². The Bertz CT molecular complexity index is 976. The number of ketones is 1. The maximum absolute atomic E-state index is 12.9. The molecule has 180 valence electrons. The summed E-state index contributed by atoms with van der Waals surface area (Å²) in [6.45, 7) is 1.93. The van der Waals surface area contributed by atoms with E-state index in [9.17, 15) is 18.0 Å². The molecule has 1 aromatic heterocycles. The number of halogens is 4. The van der Waals surface area contributed by atoms with Crippen LogP contribution in [0.1, 0.15) is 80.2 Å². The summed E-state index contributed by atoms with van der Waals surface area (Å²) in [6.07, 6.45) is 2.75. The molecular formula is C25H31ClF3N3O. The second-order valence-electron chi connectivity index (χ2n) is 9.67. The van der Waals surface area contributed by atoms with Crippen LogP contribution in [-0.2, 0) is 24.1 Å². The van der Waals surface area contributed by atoms with Gasteiger partial charge in [-0.2, -0.15) is 13.2 Å². The van der Waals surface area contributed by atoms with Gasteiger partial charge in [0.25, 0.3) is 0 Å². The van der Waals surface area contributed by atoms with Crippen LogP contribution in [0.25, 0.3) is 0 Å². The number of alkyl halides is 3. The number of hydrogen-bond acceptors (Lipinski definition) is 3. The fraction of sp³-hybridized carbons (Fsp3) is 0.640. The Morgan fingerprint density at radius 3 is 2.36 bits per heavy atom. The molecule has 2 aromatic rings. The van der Waals surface area contributed by atoms with Crippen molar-refractivity contribution in [2.45, 2.75) is 89.8 Å². The minimum absolute atomic E-state index is 0.147. The summed E-state index contributed by atoms with van der Waals surface area (Å²) in [6, 6.07) is 6.03. The molecule has 1 aromatic carbocycles. The van der Waals surface area contributed by atoms with Gasteiger partial charge in [-0.25, -0.2) is 0 Å². The molecule has 0 N–H and O–H groups in total. The van der Waals surface area contributed by atoms with E-state index in [4.69, 9.17) is 11.6 Å². The van der Waals surface area contributed by atoms with Crippen molar-refractivity contribution in [1.82, 2.24) is 14.8 Å². The van der Waals surface area contributed by atoms with E-state index in [0.29, 0.717) is 49.1 Å². The van der Waals surface area contributed by atoms with Crippen molar-refractivity contribution >= 4 is 17.4 Å². The molecule has 4 nitrogen and oxygen atoms in total. The quantitative estimate of drug-likeness (QED) is 0.404.